The molecule has 0 bridgehead atoms. The van der Waals surface area contributed by atoms with Gasteiger partial charge in [0.2, 0.25) is 11.9 Å². The van der Waals surface area contributed by atoms with Crippen LogP contribution >= 0.6 is 0 Å². The summed E-state index contributed by atoms with van der Waals surface area (Å²) in [6.45, 7) is 4.02. The third-order valence-electron chi connectivity index (χ3n) is 7.18. The van der Waals surface area contributed by atoms with Crippen molar-refractivity contribution in [3.05, 3.63) is 78.4 Å². The Morgan fingerprint density at radius 2 is 1.57 bits per heavy atom. The molecule has 2 aliphatic heterocycles. The summed E-state index contributed by atoms with van der Waals surface area (Å²) in [7, 11) is 0. The van der Waals surface area contributed by atoms with Gasteiger partial charge >= 0.3 is 0 Å². The molecule has 0 unspecified atom stereocenters. The van der Waals surface area contributed by atoms with Crippen molar-refractivity contribution in [1.29, 1.82) is 0 Å². The number of para-hydroxylation sites is 1. The summed E-state index contributed by atoms with van der Waals surface area (Å²) >= 11 is 0. The van der Waals surface area contributed by atoms with E-state index in [1.807, 2.05) is 53.4 Å². The highest BCUT2D eigenvalue weighted by atomic mass is 16.6. The standard InChI is InChI=1S/C28H33N7O2/c29-28-31-18-21(19-32-28)20-34-14-9-23(10-15-34)27(36)35-16-11-22(12-17-35)26(25-8-4-5-13-30-25)33-37-24-6-2-1-3-7-24/h1-8,13,18-19,22-23H,9-12,14-17,20H2,(H2,29,31,32)/b33-26-. The van der Waals surface area contributed by atoms with Gasteiger partial charge < -0.3 is 15.5 Å². The summed E-state index contributed by atoms with van der Waals surface area (Å²) in [6, 6.07) is 15.4. The molecule has 2 saturated heterocycles. The lowest BCUT2D eigenvalue weighted by atomic mass is 9.88. The lowest BCUT2D eigenvalue weighted by Gasteiger charge is -2.37. The van der Waals surface area contributed by atoms with Crippen LogP contribution in [0, 0.1) is 11.8 Å². The summed E-state index contributed by atoms with van der Waals surface area (Å²) in [5.41, 5.74) is 8.29. The number of hydrogen-bond acceptors (Lipinski definition) is 8. The minimum Gasteiger partial charge on any atom is -0.368 e. The Hall–Kier alpha value is -3.85. The molecule has 9 heteroatoms. The number of oxime groups is 1. The maximum atomic E-state index is 13.3. The number of anilines is 1. The van der Waals surface area contributed by atoms with E-state index in [1.54, 1.807) is 18.6 Å². The summed E-state index contributed by atoms with van der Waals surface area (Å²) in [4.78, 5) is 36.1. The highest BCUT2D eigenvalue weighted by Crippen LogP contribution is 2.27. The number of aromatic nitrogens is 3. The number of piperidine rings is 2. The quantitative estimate of drug-likeness (QED) is 0.392. The second kappa shape index (κ2) is 11.9. The molecular formula is C28H33N7O2. The molecule has 3 aromatic rings. The second-order valence-electron chi connectivity index (χ2n) is 9.70. The van der Waals surface area contributed by atoms with Gasteiger partial charge in [-0.1, -0.05) is 29.4 Å². The van der Waals surface area contributed by atoms with Crippen molar-refractivity contribution in [2.75, 3.05) is 31.9 Å². The SMILES string of the molecule is Nc1ncc(CN2CCC(C(=O)N3CCC(/C(=N/Oc4ccccc4)c4ccccn4)CC3)CC2)cn1. The monoisotopic (exact) mass is 499 g/mol. The van der Waals surface area contributed by atoms with Gasteiger partial charge in [-0.05, 0) is 63.0 Å². The van der Waals surface area contributed by atoms with Crippen LogP contribution in [-0.4, -0.2) is 62.5 Å². The summed E-state index contributed by atoms with van der Waals surface area (Å²) in [6.07, 6.45) is 8.76. The Morgan fingerprint density at radius 3 is 2.24 bits per heavy atom. The summed E-state index contributed by atoms with van der Waals surface area (Å²) in [5.74, 6) is 1.54. The molecule has 2 aliphatic rings. The molecule has 0 aliphatic carbocycles. The fraction of sp³-hybridized carbons (Fsp3) is 0.393. The number of carbonyl (C=O) groups excluding carboxylic acids is 1. The number of amides is 1. The van der Waals surface area contributed by atoms with Crippen molar-refractivity contribution in [2.24, 2.45) is 17.0 Å². The van der Waals surface area contributed by atoms with Crippen molar-refractivity contribution >= 4 is 17.6 Å². The molecule has 5 rings (SSSR count). The van der Waals surface area contributed by atoms with Gasteiger partial charge in [0.1, 0.15) is 5.71 Å². The smallest absolute Gasteiger partial charge is 0.225 e. The van der Waals surface area contributed by atoms with E-state index >= 15 is 0 Å². The van der Waals surface area contributed by atoms with Crippen LogP contribution in [0.5, 0.6) is 5.75 Å². The van der Waals surface area contributed by atoms with Gasteiger partial charge in [0.15, 0.2) is 5.75 Å². The molecule has 192 valence electrons. The van der Waals surface area contributed by atoms with Crippen molar-refractivity contribution in [3.63, 3.8) is 0 Å². The number of nitrogens with two attached hydrogens (primary N) is 1. The third kappa shape index (κ3) is 6.48. The fourth-order valence-electron chi connectivity index (χ4n) is 5.10. The maximum absolute atomic E-state index is 13.3. The first kappa shape index (κ1) is 24.8. The molecule has 1 aromatic carbocycles. The molecule has 0 atom stereocenters. The summed E-state index contributed by atoms with van der Waals surface area (Å²) in [5, 5.41) is 4.52. The van der Waals surface area contributed by atoms with Crippen LogP contribution in [-0.2, 0) is 11.3 Å². The van der Waals surface area contributed by atoms with E-state index in [2.05, 4.69) is 25.0 Å². The van der Waals surface area contributed by atoms with Gasteiger partial charge in [0.05, 0.1) is 5.69 Å². The van der Waals surface area contributed by atoms with E-state index in [-0.39, 0.29) is 17.7 Å². The van der Waals surface area contributed by atoms with Crippen LogP contribution in [0.15, 0.2) is 72.3 Å². The molecule has 0 saturated carbocycles. The van der Waals surface area contributed by atoms with Crippen molar-refractivity contribution in [3.8, 4) is 5.75 Å². The first-order chi connectivity index (χ1) is 18.2. The van der Waals surface area contributed by atoms with E-state index in [0.29, 0.717) is 11.7 Å². The largest absolute Gasteiger partial charge is 0.368 e. The molecule has 1 amide bonds. The number of rotatable bonds is 7. The molecular weight excluding hydrogens is 466 g/mol. The highest BCUT2D eigenvalue weighted by Gasteiger charge is 2.33. The number of benzene rings is 1. The summed E-state index contributed by atoms with van der Waals surface area (Å²) < 4.78 is 0. The van der Waals surface area contributed by atoms with E-state index in [1.165, 1.54) is 0 Å². The molecule has 37 heavy (non-hydrogen) atoms. The molecule has 0 spiro atoms. The Morgan fingerprint density at radius 1 is 0.892 bits per heavy atom. The topological polar surface area (TPSA) is 110 Å². The Kier molecular flexibility index (Phi) is 8.00. The maximum Gasteiger partial charge on any atom is 0.225 e. The Labute approximate surface area is 217 Å². The van der Waals surface area contributed by atoms with Gasteiger partial charge in [-0.2, -0.15) is 0 Å². The zero-order valence-electron chi connectivity index (χ0n) is 20.9. The minimum atomic E-state index is 0.0841. The molecule has 4 heterocycles. The third-order valence-corrected chi connectivity index (χ3v) is 7.18. The number of nitrogens with zero attached hydrogens (tertiary/aromatic N) is 6. The predicted molar refractivity (Wildman–Crippen MR) is 142 cm³/mol. The first-order valence-electron chi connectivity index (χ1n) is 12.9. The Balaban J connectivity index is 1.15. The van der Waals surface area contributed by atoms with Gasteiger partial charge in [-0.3, -0.25) is 14.7 Å². The molecule has 9 nitrogen and oxygen atoms in total. The van der Waals surface area contributed by atoms with Crippen molar-refractivity contribution in [2.45, 2.75) is 32.2 Å². The second-order valence-corrected chi connectivity index (χ2v) is 9.70. The lowest BCUT2D eigenvalue weighted by Crippen LogP contribution is -2.46. The molecule has 2 aromatic heterocycles. The molecule has 2 fully saturated rings. The van der Waals surface area contributed by atoms with E-state index in [4.69, 9.17) is 10.6 Å². The zero-order chi connectivity index (χ0) is 25.5. The van der Waals surface area contributed by atoms with Gasteiger partial charge in [-0.15, -0.1) is 0 Å². The van der Waals surface area contributed by atoms with E-state index in [9.17, 15) is 4.79 Å². The van der Waals surface area contributed by atoms with E-state index < -0.39 is 0 Å². The first-order valence-corrected chi connectivity index (χ1v) is 12.9. The van der Waals surface area contributed by atoms with Crippen LogP contribution in [0.1, 0.15) is 36.9 Å². The number of nitrogen functional groups attached to an aromatic ring is 1. The van der Waals surface area contributed by atoms with Crippen LogP contribution < -0.4 is 10.6 Å². The normalized spacial score (nSPS) is 18.1. The predicted octanol–water partition coefficient (Wildman–Crippen LogP) is 3.39. The lowest BCUT2D eigenvalue weighted by molar-refractivity contribution is -0.138. The average Bonchev–Trinajstić information content (AvgIpc) is 2.96. The van der Waals surface area contributed by atoms with Crippen molar-refractivity contribution in [1.82, 2.24) is 24.8 Å². The number of likely N-dealkylation sites (tertiary alicyclic amines) is 2. The van der Waals surface area contributed by atoms with Crippen LogP contribution in [0.4, 0.5) is 5.95 Å². The molecule has 0 radical (unpaired) electrons. The highest BCUT2D eigenvalue weighted by molar-refractivity contribution is 6.00. The number of hydrogen-bond donors (Lipinski definition) is 1. The Bertz CT molecular complexity index is 1170. The van der Waals surface area contributed by atoms with Gasteiger partial charge in [-0.25, -0.2) is 9.97 Å². The minimum absolute atomic E-state index is 0.0841. The fourth-order valence-corrected chi connectivity index (χ4v) is 5.10. The van der Waals surface area contributed by atoms with Crippen LogP contribution in [0.3, 0.4) is 0 Å². The number of carbonyl (C=O) groups is 1. The van der Waals surface area contributed by atoms with Gasteiger partial charge in [0, 0.05) is 55.6 Å². The van der Waals surface area contributed by atoms with Crippen LogP contribution in [0.25, 0.3) is 0 Å². The average molecular weight is 500 g/mol. The molecule has 2 N–H and O–H groups in total. The van der Waals surface area contributed by atoms with Crippen molar-refractivity contribution < 1.29 is 9.63 Å². The van der Waals surface area contributed by atoms with Crippen LogP contribution in [0.2, 0.25) is 0 Å². The van der Waals surface area contributed by atoms with E-state index in [0.717, 1.165) is 75.4 Å². The zero-order valence-corrected chi connectivity index (χ0v) is 20.9. The van der Waals surface area contributed by atoms with Gasteiger partial charge in [0.25, 0.3) is 0 Å². The number of pyridine rings is 1.